The van der Waals surface area contributed by atoms with Gasteiger partial charge in [0.05, 0.1) is 17.7 Å². The Balaban J connectivity index is 0.00000341. The molecule has 31 heavy (non-hydrogen) atoms. The van der Waals surface area contributed by atoms with Gasteiger partial charge in [-0.3, -0.25) is 0 Å². The number of likely N-dealkylation sites (tertiary alicyclic amines) is 1. The Kier molecular flexibility index (Phi) is 8.88. The average Bonchev–Trinajstić information content (AvgIpc) is 2.75. The number of rotatable bonds is 8. The predicted molar refractivity (Wildman–Crippen MR) is 126 cm³/mol. The van der Waals surface area contributed by atoms with E-state index in [0.717, 1.165) is 51.0 Å². The number of aliphatic hydroxyl groups is 1. The summed E-state index contributed by atoms with van der Waals surface area (Å²) >= 11 is 0. The van der Waals surface area contributed by atoms with Crippen LogP contribution in [0.3, 0.4) is 0 Å². The number of aryl methyl sites for hydroxylation is 1. The van der Waals surface area contributed by atoms with Crippen LogP contribution < -0.4 is 4.90 Å². The highest BCUT2D eigenvalue weighted by molar-refractivity contribution is 5.88. The molecule has 0 amide bonds. The Morgan fingerprint density at radius 3 is 2.29 bits per heavy atom. The number of nitrogens with zero attached hydrogens (tertiary/aromatic N) is 3. The van der Waals surface area contributed by atoms with Gasteiger partial charge in [-0.05, 0) is 56.5 Å². The number of benzene rings is 2. The van der Waals surface area contributed by atoms with E-state index in [1.54, 1.807) is 24.3 Å². The van der Waals surface area contributed by atoms with E-state index >= 15 is 0 Å². The molecule has 0 aromatic heterocycles. The number of carboxylic acid groups (broad SMARTS) is 1. The van der Waals surface area contributed by atoms with E-state index in [0.29, 0.717) is 12.2 Å². The minimum absolute atomic E-state index is 0. The number of piperidine rings is 1. The molecule has 0 unspecified atom stereocenters. The van der Waals surface area contributed by atoms with E-state index in [-0.39, 0.29) is 18.0 Å². The minimum atomic E-state index is -0.935. The van der Waals surface area contributed by atoms with Crippen molar-refractivity contribution in [1.29, 1.82) is 0 Å². The Morgan fingerprint density at radius 1 is 1.13 bits per heavy atom. The fourth-order valence-corrected chi connectivity index (χ4v) is 3.99. The lowest BCUT2D eigenvalue weighted by molar-refractivity contribution is -0.0141. The first-order valence-electron chi connectivity index (χ1n) is 10.3. The molecule has 0 spiro atoms. The monoisotopic (exact) mass is 443 g/mol. The molecule has 6 nitrogen and oxygen atoms in total. The van der Waals surface area contributed by atoms with Gasteiger partial charge in [-0.15, -0.1) is 12.4 Å². The minimum Gasteiger partial charge on any atom is -0.478 e. The number of halogens is 1. The Bertz CT molecular complexity index is 886. The molecule has 3 rings (SSSR count). The van der Waals surface area contributed by atoms with Crippen LogP contribution in [0.4, 0.5) is 11.4 Å². The zero-order chi connectivity index (χ0) is 21.6. The van der Waals surface area contributed by atoms with Crippen LogP contribution in [-0.2, 0) is 6.42 Å². The molecule has 1 heterocycles. The molecule has 1 aliphatic rings. The van der Waals surface area contributed by atoms with E-state index in [1.807, 2.05) is 36.2 Å². The summed E-state index contributed by atoms with van der Waals surface area (Å²) in [4.78, 5) is 18.8. The first-order chi connectivity index (χ1) is 14.4. The van der Waals surface area contributed by atoms with E-state index in [2.05, 4.69) is 9.74 Å². The highest BCUT2D eigenvalue weighted by Gasteiger charge is 2.33. The van der Waals surface area contributed by atoms with Gasteiger partial charge in [-0.25, -0.2) is 9.64 Å². The fraction of sp³-hybridized carbons (Fsp3) is 0.417. The van der Waals surface area contributed by atoms with Crippen LogP contribution in [0.2, 0.25) is 0 Å². The highest BCUT2D eigenvalue weighted by Crippen LogP contribution is 2.26. The van der Waals surface area contributed by atoms with Crippen molar-refractivity contribution in [2.24, 2.45) is 0 Å². The summed E-state index contributed by atoms with van der Waals surface area (Å²) in [6.07, 6.45) is 3.51. The molecule has 1 aliphatic heterocycles. The number of anilines is 1. The lowest BCUT2D eigenvalue weighted by Crippen LogP contribution is -2.50. The fourth-order valence-electron chi connectivity index (χ4n) is 3.99. The summed E-state index contributed by atoms with van der Waals surface area (Å²) in [6, 6.07) is 14.6. The molecule has 166 valence electrons. The molecular formula is C24H30ClN3O3. The summed E-state index contributed by atoms with van der Waals surface area (Å²) in [5, 5.41) is 20.0. The molecular weight excluding hydrogens is 414 g/mol. The van der Waals surface area contributed by atoms with Gasteiger partial charge in [0.25, 0.3) is 0 Å². The van der Waals surface area contributed by atoms with Crippen molar-refractivity contribution in [3.05, 3.63) is 71.1 Å². The van der Waals surface area contributed by atoms with Gasteiger partial charge in [0, 0.05) is 32.4 Å². The van der Waals surface area contributed by atoms with Crippen molar-refractivity contribution in [3.8, 4) is 0 Å². The summed E-state index contributed by atoms with van der Waals surface area (Å²) in [5.74, 6) is -0.935. The van der Waals surface area contributed by atoms with Gasteiger partial charge in [0.2, 0.25) is 0 Å². The molecule has 2 aromatic carbocycles. The molecule has 0 aliphatic carbocycles. The number of carboxylic acids is 1. The van der Waals surface area contributed by atoms with E-state index in [1.165, 1.54) is 5.56 Å². The molecule has 1 fully saturated rings. The normalized spacial score (nSPS) is 15.5. The van der Waals surface area contributed by atoms with E-state index in [4.69, 9.17) is 11.7 Å². The van der Waals surface area contributed by atoms with Crippen molar-refractivity contribution in [3.63, 3.8) is 0 Å². The van der Waals surface area contributed by atoms with Crippen molar-refractivity contribution in [2.45, 2.75) is 31.3 Å². The number of carbonyl (C=O) groups is 1. The largest absolute Gasteiger partial charge is 0.478 e. The first kappa shape index (κ1) is 24.7. The van der Waals surface area contributed by atoms with Crippen LogP contribution in [0.1, 0.15) is 35.2 Å². The van der Waals surface area contributed by atoms with Crippen molar-refractivity contribution in [2.75, 3.05) is 38.1 Å². The van der Waals surface area contributed by atoms with Crippen molar-refractivity contribution >= 4 is 29.8 Å². The van der Waals surface area contributed by atoms with Gasteiger partial charge in [0.15, 0.2) is 5.69 Å². The average molecular weight is 444 g/mol. The second-order valence-electron chi connectivity index (χ2n) is 8.16. The lowest BCUT2D eigenvalue weighted by Gasteiger charge is -2.40. The Labute approximate surface area is 190 Å². The summed E-state index contributed by atoms with van der Waals surface area (Å²) in [6.45, 7) is 10.3. The van der Waals surface area contributed by atoms with Gasteiger partial charge in [-0.1, -0.05) is 29.8 Å². The molecule has 1 saturated heterocycles. The molecule has 0 saturated carbocycles. The molecule has 0 bridgehead atoms. The molecule has 0 atom stereocenters. The number of likely N-dealkylation sites (N-methyl/N-ethyl adjacent to an activating group) is 1. The standard InChI is InChI=1S/C24H29N3O3.ClH/c1-25-21-9-5-19(6-10-21)4-3-15-27-16-13-24(30,14-17-27)18-26(2)22-11-7-20(8-12-22)23(28)29;/h5-12,30H,3-4,13-18H2,2H3,(H,28,29);1H. The zero-order valence-corrected chi connectivity index (χ0v) is 18.6. The number of aromatic carboxylic acids is 1. The van der Waals surface area contributed by atoms with Crippen molar-refractivity contribution < 1.29 is 15.0 Å². The lowest BCUT2D eigenvalue weighted by atomic mass is 9.90. The van der Waals surface area contributed by atoms with Crippen LogP contribution in [0, 0.1) is 6.57 Å². The van der Waals surface area contributed by atoms with E-state index in [9.17, 15) is 9.90 Å². The van der Waals surface area contributed by atoms with Crippen LogP contribution >= 0.6 is 12.4 Å². The van der Waals surface area contributed by atoms with Crippen molar-refractivity contribution in [1.82, 2.24) is 4.90 Å². The maximum atomic E-state index is 11.0. The number of hydrogen-bond donors (Lipinski definition) is 2. The molecule has 0 radical (unpaired) electrons. The predicted octanol–water partition coefficient (Wildman–Crippen LogP) is 4.25. The molecule has 7 heteroatoms. The van der Waals surface area contributed by atoms with Gasteiger partial charge >= 0.3 is 5.97 Å². The van der Waals surface area contributed by atoms with Crippen LogP contribution in [0.15, 0.2) is 48.5 Å². The third-order valence-electron chi connectivity index (χ3n) is 5.88. The number of hydrogen-bond acceptors (Lipinski definition) is 4. The van der Waals surface area contributed by atoms with E-state index < -0.39 is 11.6 Å². The molecule has 2 aromatic rings. The first-order valence-corrected chi connectivity index (χ1v) is 10.3. The van der Waals surface area contributed by atoms with Gasteiger partial charge in [-0.2, -0.15) is 0 Å². The quantitative estimate of drug-likeness (QED) is 0.597. The zero-order valence-electron chi connectivity index (χ0n) is 17.8. The topological polar surface area (TPSA) is 68.4 Å². The third-order valence-corrected chi connectivity index (χ3v) is 5.88. The second kappa shape index (κ2) is 11.1. The SMILES string of the molecule is Cl.[C-]#[N+]c1ccc(CCCN2CCC(O)(CN(C)c3ccc(C(=O)O)cc3)CC2)cc1. The maximum absolute atomic E-state index is 11.0. The van der Waals surface area contributed by atoms with Crippen LogP contribution in [0.25, 0.3) is 4.85 Å². The summed E-state index contributed by atoms with van der Waals surface area (Å²) in [7, 11) is 1.93. The third kappa shape index (κ3) is 6.96. The van der Waals surface area contributed by atoms with Crippen LogP contribution in [-0.4, -0.2) is 59.9 Å². The maximum Gasteiger partial charge on any atom is 0.335 e. The smallest absolute Gasteiger partial charge is 0.335 e. The second-order valence-corrected chi connectivity index (χ2v) is 8.16. The van der Waals surface area contributed by atoms with Gasteiger partial charge in [0.1, 0.15) is 0 Å². The summed E-state index contributed by atoms with van der Waals surface area (Å²) in [5.41, 5.74) is 2.37. The van der Waals surface area contributed by atoms with Crippen LogP contribution in [0.5, 0.6) is 0 Å². The molecule has 2 N–H and O–H groups in total. The highest BCUT2D eigenvalue weighted by atomic mass is 35.5. The van der Waals surface area contributed by atoms with Gasteiger partial charge < -0.3 is 20.0 Å². The summed E-state index contributed by atoms with van der Waals surface area (Å²) < 4.78 is 0. The Morgan fingerprint density at radius 2 is 1.74 bits per heavy atom. The Hall–Kier alpha value is -2.59.